The highest BCUT2D eigenvalue weighted by molar-refractivity contribution is 7.03. The molecule has 1 aromatic carbocycles. The zero-order valence-corrected chi connectivity index (χ0v) is 9.11. The van der Waals surface area contributed by atoms with E-state index in [0.29, 0.717) is 5.82 Å². The Hall–Kier alpha value is -2.01. The molecule has 4 nitrogen and oxygen atoms in total. The number of aromatic nitrogens is 3. The van der Waals surface area contributed by atoms with Gasteiger partial charge in [-0.05, 0) is 23.7 Å². The van der Waals surface area contributed by atoms with Crippen molar-refractivity contribution in [1.82, 2.24) is 14.6 Å². The zero-order chi connectivity index (χ0) is 11.0. The number of benzene rings is 1. The number of rotatable bonds is 1. The van der Waals surface area contributed by atoms with Gasteiger partial charge in [-0.3, -0.25) is 0 Å². The highest BCUT2D eigenvalue weighted by atomic mass is 32.1. The van der Waals surface area contributed by atoms with Crippen LogP contribution in [0.3, 0.4) is 0 Å². The third-order valence-corrected chi connectivity index (χ3v) is 2.88. The van der Waals surface area contributed by atoms with Gasteiger partial charge in [0, 0.05) is 16.3 Å². The van der Waals surface area contributed by atoms with Crippen LogP contribution in [0.2, 0.25) is 0 Å². The van der Waals surface area contributed by atoms with Crippen molar-refractivity contribution in [2.75, 3.05) is 5.73 Å². The van der Waals surface area contributed by atoms with Gasteiger partial charge in [0.05, 0.1) is 5.52 Å². The van der Waals surface area contributed by atoms with Crippen molar-refractivity contribution in [1.29, 1.82) is 0 Å². The highest BCUT2D eigenvalue weighted by Crippen LogP contribution is 2.28. The number of pyridine rings is 1. The van der Waals surface area contributed by atoms with E-state index in [4.69, 9.17) is 5.73 Å². The first-order valence-corrected chi connectivity index (χ1v) is 5.61. The van der Waals surface area contributed by atoms with E-state index in [2.05, 4.69) is 14.6 Å². The van der Waals surface area contributed by atoms with Gasteiger partial charge >= 0.3 is 0 Å². The lowest BCUT2D eigenvalue weighted by Gasteiger charge is -2.04. The number of fused-ring (bicyclic) bond motifs is 1. The second-order valence-corrected chi connectivity index (χ2v) is 4.01. The Morgan fingerprint density at radius 2 is 2.06 bits per heavy atom. The first-order chi connectivity index (χ1) is 7.84. The van der Waals surface area contributed by atoms with Crippen molar-refractivity contribution in [2.24, 2.45) is 0 Å². The molecule has 0 aliphatic rings. The molecule has 5 heteroatoms. The average molecular weight is 228 g/mol. The highest BCUT2D eigenvalue weighted by Gasteiger charge is 2.08. The van der Waals surface area contributed by atoms with Crippen molar-refractivity contribution < 1.29 is 0 Å². The fraction of sp³-hybridized carbons (Fsp3) is 0. The first kappa shape index (κ1) is 9.23. The standard InChI is InChI=1S/C11H8N4S/c12-11-5-8(10-6-16-15-14-10)7-3-1-2-4-9(7)13-11/h1-6H,(H2,12,13). The van der Waals surface area contributed by atoms with Crippen molar-refractivity contribution in [3.63, 3.8) is 0 Å². The minimum absolute atomic E-state index is 0.502. The Morgan fingerprint density at radius 3 is 2.88 bits per heavy atom. The average Bonchev–Trinajstić information content (AvgIpc) is 2.81. The Balaban J connectivity index is 2.39. The minimum atomic E-state index is 0.502. The molecular formula is C11H8N4S. The number of nitrogen functional groups attached to an aromatic ring is 1. The second kappa shape index (κ2) is 3.53. The van der Waals surface area contributed by atoms with Crippen LogP contribution in [0.15, 0.2) is 35.7 Å². The van der Waals surface area contributed by atoms with Gasteiger partial charge in [0.2, 0.25) is 0 Å². The lowest BCUT2D eigenvalue weighted by atomic mass is 10.1. The van der Waals surface area contributed by atoms with E-state index in [1.54, 1.807) is 0 Å². The largest absolute Gasteiger partial charge is 0.384 e. The molecule has 0 saturated heterocycles. The van der Waals surface area contributed by atoms with E-state index in [0.717, 1.165) is 22.2 Å². The summed E-state index contributed by atoms with van der Waals surface area (Å²) in [5.41, 5.74) is 8.48. The maximum Gasteiger partial charge on any atom is 0.124 e. The molecule has 0 saturated carbocycles. The molecule has 0 radical (unpaired) electrons. The third-order valence-electron chi connectivity index (χ3n) is 2.37. The molecule has 0 unspecified atom stereocenters. The minimum Gasteiger partial charge on any atom is -0.384 e. The molecule has 0 atom stereocenters. The topological polar surface area (TPSA) is 64.7 Å². The smallest absolute Gasteiger partial charge is 0.124 e. The Kier molecular flexibility index (Phi) is 2.04. The fourth-order valence-corrected chi connectivity index (χ4v) is 2.15. The molecule has 0 amide bonds. The SMILES string of the molecule is Nc1cc(-c2csnn2)c2ccccc2n1. The maximum absolute atomic E-state index is 5.77. The molecule has 3 aromatic rings. The molecule has 0 spiro atoms. The van der Waals surface area contributed by atoms with E-state index in [1.165, 1.54) is 11.5 Å². The van der Waals surface area contributed by atoms with Gasteiger partial charge in [0.25, 0.3) is 0 Å². The zero-order valence-electron chi connectivity index (χ0n) is 8.29. The molecule has 16 heavy (non-hydrogen) atoms. The first-order valence-electron chi connectivity index (χ1n) is 4.77. The number of hydrogen-bond acceptors (Lipinski definition) is 5. The van der Waals surface area contributed by atoms with Gasteiger partial charge < -0.3 is 5.73 Å². The molecule has 2 N–H and O–H groups in total. The van der Waals surface area contributed by atoms with Gasteiger partial charge in [0.15, 0.2) is 0 Å². The summed E-state index contributed by atoms with van der Waals surface area (Å²) < 4.78 is 3.87. The molecular weight excluding hydrogens is 220 g/mol. The van der Waals surface area contributed by atoms with Gasteiger partial charge in [-0.15, -0.1) is 5.10 Å². The Bertz CT molecular complexity index is 634. The second-order valence-electron chi connectivity index (χ2n) is 3.40. The summed E-state index contributed by atoms with van der Waals surface area (Å²) in [5, 5.41) is 7.01. The number of anilines is 1. The molecule has 0 aliphatic heterocycles. The quantitative estimate of drug-likeness (QED) is 0.694. The van der Waals surface area contributed by atoms with Crippen molar-refractivity contribution >= 4 is 28.3 Å². The Labute approximate surface area is 95.9 Å². The van der Waals surface area contributed by atoms with Crippen LogP contribution >= 0.6 is 11.5 Å². The molecule has 2 heterocycles. The monoisotopic (exact) mass is 228 g/mol. The van der Waals surface area contributed by atoms with E-state index < -0.39 is 0 Å². The third kappa shape index (κ3) is 1.42. The molecule has 2 aromatic heterocycles. The lowest BCUT2D eigenvalue weighted by Crippen LogP contribution is -1.92. The van der Waals surface area contributed by atoms with Gasteiger partial charge in [-0.25, -0.2) is 4.98 Å². The predicted octanol–water partition coefficient (Wildman–Crippen LogP) is 2.34. The van der Waals surface area contributed by atoms with Crippen LogP contribution in [0, 0.1) is 0 Å². The van der Waals surface area contributed by atoms with Crippen LogP contribution in [0.5, 0.6) is 0 Å². The summed E-state index contributed by atoms with van der Waals surface area (Å²) in [5.74, 6) is 0.502. The fourth-order valence-electron chi connectivity index (χ4n) is 1.69. The Morgan fingerprint density at radius 1 is 1.19 bits per heavy atom. The van der Waals surface area contributed by atoms with Gasteiger partial charge in [-0.2, -0.15) is 0 Å². The normalized spacial score (nSPS) is 10.8. The number of hydrogen-bond donors (Lipinski definition) is 1. The summed E-state index contributed by atoms with van der Waals surface area (Å²) in [6.45, 7) is 0. The number of para-hydroxylation sites is 1. The summed E-state index contributed by atoms with van der Waals surface area (Å²) in [6.07, 6.45) is 0. The van der Waals surface area contributed by atoms with Crippen LogP contribution in [0.4, 0.5) is 5.82 Å². The summed E-state index contributed by atoms with van der Waals surface area (Å²) in [4.78, 5) is 4.28. The molecule has 0 fully saturated rings. The van der Waals surface area contributed by atoms with E-state index in [9.17, 15) is 0 Å². The van der Waals surface area contributed by atoms with E-state index in [1.807, 2.05) is 35.7 Å². The molecule has 0 aliphatic carbocycles. The van der Waals surface area contributed by atoms with Crippen LogP contribution < -0.4 is 5.73 Å². The predicted molar refractivity (Wildman–Crippen MR) is 65.1 cm³/mol. The van der Waals surface area contributed by atoms with Crippen molar-refractivity contribution in [3.8, 4) is 11.3 Å². The number of nitrogens with zero attached hydrogens (tertiary/aromatic N) is 3. The van der Waals surface area contributed by atoms with Crippen LogP contribution in [0.1, 0.15) is 0 Å². The van der Waals surface area contributed by atoms with Crippen molar-refractivity contribution in [2.45, 2.75) is 0 Å². The van der Waals surface area contributed by atoms with E-state index in [-0.39, 0.29) is 0 Å². The lowest BCUT2D eigenvalue weighted by molar-refractivity contribution is 1.16. The summed E-state index contributed by atoms with van der Waals surface area (Å²) in [7, 11) is 0. The van der Waals surface area contributed by atoms with Gasteiger partial charge in [0.1, 0.15) is 11.5 Å². The van der Waals surface area contributed by atoms with E-state index >= 15 is 0 Å². The molecule has 0 bridgehead atoms. The van der Waals surface area contributed by atoms with Gasteiger partial charge in [-0.1, -0.05) is 22.7 Å². The maximum atomic E-state index is 5.77. The van der Waals surface area contributed by atoms with Crippen LogP contribution in [-0.2, 0) is 0 Å². The molecule has 3 rings (SSSR count). The summed E-state index contributed by atoms with van der Waals surface area (Å²) in [6, 6.07) is 9.70. The van der Waals surface area contributed by atoms with Crippen molar-refractivity contribution in [3.05, 3.63) is 35.7 Å². The van der Waals surface area contributed by atoms with Crippen LogP contribution in [0.25, 0.3) is 22.2 Å². The molecule has 78 valence electrons. The number of nitrogens with two attached hydrogens (primary N) is 1. The summed E-state index contributed by atoms with van der Waals surface area (Å²) >= 11 is 1.33. The van der Waals surface area contributed by atoms with Crippen LogP contribution in [-0.4, -0.2) is 14.6 Å².